The Kier molecular flexibility index (Phi) is 8.25. The zero-order valence-electron chi connectivity index (χ0n) is 18.1. The summed E-state index contributed by atoms with van der Waals surface area (Å²) in [6.07, 6.45) is 5.48. The highest BCUT2D eigenvalue weighted by Crippen LogP contribution is 2.22. The molecule has 2 heterocycles. The van der Waals surface area contributed by atoms with Gasteiger partial charge in [-0.3, -0.25) is 30.4 Å². The highest BCUT2D eigenvalue weighted by molar-refractivity contribution is 5.79. The average molecular weight is 411 g/mol. The number of ether oxygens (including phenoxy) is 1. The fraction of sp³-hybridized carbons (Fsp3) is 0.900. The minimum absolute atomic E-state index is 0.0232. The van der Waals surface area contributed by atoms with Crippen molar-refractivity contribution in [3.63, 3.8) is 0 Å². The summed E-state index contributed by atoms with van der Waals surface area (Å²) < 4.78 is 5.71. The average Bonchev–Trinajstić information content (AvgIpc) is 3.00. The lowest BCUT2D eigenvalue weighted by molar-refractivity contribution is -0.129. The number of nitrogens with zero attached hydrogens (tertiary/aromatic N) is 2. The minimum Gasteiger partial charge on any atom is -0.380 e. The van der Waals surface area contributed by atoms with Gasteiger partial charge >= 0.3 is 0 Å². The molecule has 3 aliphatic rings. The van der Waals surface area contributed by atoms with Crippen LogP contribution < -0.4 is 21.3 Å². The summed E-state index contributed by atoms with van der Waals surface area (Å²) in [6, 6.07) is 0.245. The molecule has 29 heavy (non-hydrogen) atoms. The zero-order chi connectivity index (χ0) is 20.8. The number of carbonyl (C=O) groups is 2. The predicted octanol–water partition coefficient (Wildman–Crippen LogP) is -0.747. The minimum atomic E-state index is -0.198. The maximum atomic E-state index is 12.5. The quantitative estimate of drug-likeness (QED) is 0.474. The van der Waals surface area contributed by atoms with Gasteiger partial charge in [0.25, 0.3) is 0 Å². The maximum Gasteiger partial charge on any atom is 0.227 e. The van der Waals surface area contributed by atoms with Crippen LogP contribution in [0.2, 0.25) is 0 Å². The van der Waals surface area contributed by atoms with Gasteiger partial charge in [-0.2, -0.15) is 0 Å². The third kappa shape index (κ3) is 5.67. The van der Waals surface area contributed by atoms with Crippen LogP contribution in [0.15, 0.2) is 0 Å². The molecule has 0 aromatic rings. The molecule has 1 saturated carbocycles. The van der Waals surface area contributed by atoms with E-state index in [0.717, 1.165) is 45.4 Å². The van der Waals surface area contributed by atoms with E-state index in [1.807, 2.05) is 4.90 Å². The second-order valence-electron chi connectivity index (χ2n) is 8.40. The Labute approximate surface area is 174 Å². The van der Waals surface area contributed by atoms with Crippen LogP contribution >= 0.6 is 0 Å². The first kappa shape index (κ1) is 22.4. The van der Waals surface area contributed by atoms with Gasteiger partial charge in [-0.1, -0.05) is 12.8 Å². The molecular weight excluding hydrogens is 372 g/mol. The molecule has 2 saturated heterocycles. The fourth-order valence-electron chi connectivity index (χ4n) is 4.84. The molecule has 9 nitrogen and oxygen atoms in total. The van der Waals surface area contributed by atoms with E-state index in [1.165, 1.54) is 12.8 Å². The van der Waals surface area contributed by atoms with Crippen LogP contribution in [0.3, 0.4) is 0 Å². The monoisotopic (exact) mass is 410 g/mol. The van der Waals surface area contributed by atoms with Crippen LogP contribution in [0.1, 0.15) is 39.0 Å². The zero-order valence-corrected chi connectivity index (χ0v) is 18.1. The number of hydrogen-bond donors (Lipinski definition) is 4. The lowest BCUT2D eigenvalue weighted by Crippen LogP contribution is -2.72. The van der Waals surface area contributed by atoms with Gasteiger partial charge in [0.1, 0.15) is 6.29 Å². The van der Waals surface area contributed by atoms with E-state index in [9.17, 15) is 9.59 Å². The highest BCUT2D eigenvalue weighted by Gasteiger charge is 2.39. The van der Waals surface area contributed by atoms with Crippen LogP contribution in [0, 0.1) is 5.92 Å². The Morgan fingerprint density at radius 2 is 1.86 bits per heavy atom. The summed E-state index contributed by atoms with van der Waals surface area (Å²) in [5, 5.41) is 13.6. The van der Waals surface area contributed by atoms with Crippen molar-refractivity contribution in [1.82, 2.24) is 31.1 Å². The molecule has 0 spiro atoms. The fourth-order valence-corrected chi connectivity index (χ4v) is 4.84. The van der Waals surface area contributed by atoms with Crippen molar-refractivity contribution in [1.29, 1.82) is 0 Å². The van der Waals surface area contributed by atoms with Gasteiger partial charge in [0.15, 0.2) is 0 Å². The van der Waals surface area contributed by atoms with E-state index in [2.05, 4.69) is 26.2 Å². The highest BCUT2D eigenvalue weighted by atomic mass is 16.5. The lowest BCUT2D eigenvalue weighted by atomic mass is 9.91. The summed E-state index contributed by atoms with van der Waals surface area (Å²) in [7, 11) is 3.47. The molecule has 2 aliphatic heterocycles. The van der Waals surface area contributed by atoms with Crippen molar-refractivity contribution in [3.8, 4) is 0 Å². The van der Waals surface area contributed by atoms with Crippen LogP contribution in [-0.4, -0.2) is 93.1 Å². The van der Waals surface area contributed by atoms with Crippen molar-refractivity contribution >= 4 is 11.8 Å². The molecule has 5 unspecified atom stereocenters. The summed E-state index contributed by atoms with van der Waals surface area (Å²) in [5.41, 5.74) is 0. The normalized spacial score (nSPS) is 34.4. The third-order valence-electron chi connectivity index (χ3n) is 6.59. The number of methoxy groups -OCH3 is 1. The molecule has 1 aliphatic carbocycles. The molecule has 166 valence electrons. The van der Waals surface area contributed by atoms with Crippen LogP contribution in [0.25, 0.3) is 0 Å². The van der Waals surface area contributed by atoms with Crippen LogP contribution in [-0.2, 0) is 14.3 Å². The number of hydrogen-bond acceptors (Lipinski definition) is 7. The first-order chi connectivity index (χ1) is 14.0. The van der Waals surface area contributed by atoms with Crippen molar-refractivity contribution < 1.29 is 14.3 Å². The summed E-state index contributed by atoms with van der Waals surface area (Å²) >= 11 is 0. The predicted molar refractivity (Wildman–Crippen MR) is 111 cm³/mol. The van der Waals surface area contributed by atoms with Crippen molar-refractivity contribution in [2.45, 2.75) is 63.6 Å². The second kappa shape index (κ2) is 10.7. The van der Waals surface area contributed by atoms with E-state index >= 15 is 0 Å². The Hall–Kier alpha value is -1.26. The van der Waals surface area contributed by atoms with Gasteiger partial charge in [0.2, 0.25) is 11.8 Å². The van der Waals surface area contributed by atoms with E-state index in [-0.39, 0.29) is 42.3 Å². The molecule has 4 N–H and O–H groups in total. The Morgan fingerprint density at radius 1 is 1.07 bits per heavy atom. The largest absolute Gasteiger partial charge is 0.380 e. The standard InChI is InChI=1S/C20H38N6O3/c1-14(27)25-9-6-10-26(12-11-25)20-22-13-15(19(28)21-2)18(24-20)23-16-7-4-5-8-17(16)29-3/h15-18,20,22-24H,4-13H2,1-3H3,(H,21,28). The third-order valence-corrected chi connectivity index (χ3v) is 6.59. The molecule has 0 aromatic carbocycles. The molecule has 0 aromatic heterocycles. The van der Waals surface area contributed by atoms with Gasteiger partial charge in [0.05, 0.1) is 18.2 Å². The van der Waals surface area contributed by atoms with Gasteiger partial charge in [0, 0.05) is 59.8 Å². The van der Waals surface area contributed by atoms with E-state index in [1.54, 1.807) is 21.1 Å². The second-order valence-corrected chi connectivity index (χ2v) is 8.40. The molecule has 0 radical (unpaired) electrons. The number of rotatable bonds is 5. The van der Waals surface area contributed by atoms with Gasteiger partial charge in [-0.15, -0.1) is 0 Å². The van der Waals surface area contributed by atoms with Gasteiger partial charge in [-0.25, -0.2) is 0 Å². The van der Waals surface area contributed by atoms with Crippen molar-refractivity contribution in [3.05, 3.63) is 0 Å². The smallest absolute Gasteiger partial charge is 0.227 e. The molecule has 9 heteroatoms. The number of carbonyl (C=O) groups excluding carboxylic acids is 2. The Balaban J connectivity index is 1.66. The number of amides is 2. The topological polar surface area (TPSA) is 98.0 Å². The van der Waals surface area contributed by atoms with Gasteiger partial charge < -0.3 is 15.0 Å². The Bertz CT molecular complexity index is 562. The van der Waals surface area contributed by atoms with Crippen LogP contribution in [0.5, 0.6) is 0 Å². The Morgan fingerprint density at radius 3 is 2.59 bits per heavy atom. The molecule has 3 fully saturated rings. The molecule has 5 atom stereocenters. The van der Waals surface area contributed by atoms with Crippen molar-refractivity contribution in [2.24, 2.45) is 5.92 Å². The molecule has 3 rings (SSSR count). The molecule has 0 bridgehead atoms. The first-order valence-corrected chi connectivity index (χ1v) is 11.0. The van der Waals surface area contributed by atoms with Gasteiger partial charge in [-0.05, 0) is 19.3 Å². The molecular formula is C20H38N6O3. The lowest BCUT2D eigenvalue weighted by Gasteiger charge is -2.44. The first-order valence-electron chi connectivity index (χ1n) is 11.0. The summed E-state index contributed by atoms with van der Waals surface area (Å²) in [6.45, 7) is 5.50. The number of nitrogens with one attached hydrogen (secondary N) is 4. The van der Waals surface area contributed by atoms with E-state index in [4.69, 9.17) is 4.74 Å². The van der Waals surface area contributed by atoms with Crippen molar-refractivity contribution in [2.75, 3.05) is 46.9 Å². The summed E-state index contributed by atoms with van der Waals surface area (Å²) in [4.78, 5) is 28.5. The van der Waals surface area contributed by atoms with E-state index < -0.39 is 0 Å². The summed E-state index contributed by atoms with van der Waals surface area (Å²) in [5.74, 6) is -0.0285. The SMILES string of the molecule is CNC(=O)C1CNC(N2CCCN(C(C)=O)CC2)NC1NC1CCCCC1OC. The molecule has 2 amide bonds. The van der Waals surface area contributed by atoms with Crippen LogP contribution in [0.4, 0.5) is 0 Å². The van der Waals surface area contributed by atoms with E-state index in [0.29, 0.717) is 6.54 Å². The maximum absolute atomic E-state index is 12.5.